The number of benzene rings is 4. The summed E-state index contributed by atoms with van der Waals surface area (Å²) in [6.45, 7) is 11.7. The van der Waals surface area contributed by atoms with Crippen molar-refractivity contribution < 1.29 is 29.1 Å². The van der Waals surface area contributed by atoms with E-state index >= 15 is 0 Å². The number of anilines is 2. The lowest BCUT2D eigenvalue weighted by molar-refractivity contribution is -0.136. The van der Waals surface area contributed by atoms with Gasteiger partial charge in [-0.15, -0.1) is 0 Å². The van der Waals surface area contributed by atoms with E-state index in [4.69, 9.17) is 10.7 Å². The molecule has 2 saturated heterocycles. The molecular formula is C55H67N11O7. The van der Waals surface area contributed by atoms with E-state index in [1.165, 1.54) is 4.57 Å². The summed E-state index contributed by atoms with van der Waals surface area (Å²) in [4.78, 5) is 90.4. The number of aliphatic hydroxyl groups is 1. The van der Waals surface area contributed by atoms with Crippen molar-refractivity contribution in [2.24, 2.45) is 17.8 Å². The van der Waals surface area contributed by atoms with Gasteiger partial charge in [0.15, 0.2) is 12.1 Å². The Balaban J connectivity index is 0.818. The zero-order chi connectivity index (χ0) is 52.1. The van der Waals surface area contributed by atoms with Crippen LogP contribution in [0.5, 0.6) is 0 Å². The highest BCUT2D eigenvalue weighted by molar-refractivity contribution is 6.06. The Morgan fingerprint density at radius 2 is 1.55 bits per heavy atom. The van der Waals surface area contributed by atoms with Gasteiger partial charge in [-0.3, -0.25) is 43.3 Å². The summed E-state index contributed by atoms with van der Waals surface area (Å²) in [6.07, 6.45) is 3.41. The molecule has 0 radical (unpaired) electrons. The van der Waals surface area contributed by atoms with Gasteiger partial charge in [0.05, 0.1) is 23.3 Å². The molecule has 6 N–H and O–H groups in total. The first-order chi connectivity index (χ1) is 34.9. The molecule has 5 aromatic rings. The summed E-state index contributed by atoms with van der Waals surface area (Å²) in [5.74, 6) is -0.885. The number of amides is 5. The zero-order valence-electron chi connectivity index (χ0n) is 42.6. The number of nitrogens with one attached hydrogen (secondary N) is 3. The number of unbranched alkanes of at least 4 members (excludes halogenated alkanes) is 1. The molecule has 4 heterocycles. The third-order valence-electron chi connectivity index (χ3n) is 14.1. The topological polar surface area (TPSA) is 220 Å². The molecule has 0 saturated carbocycles. The molecule has 4 aromatic carbocycles. The molecule has 3 aliphatic heterocycles. The fourth-order valence-electron chi connectivity index (χ4n) is 9.79. The van der Waals surface area contributed by atoms with Crippen LogP contribution in [0.25, 0.3) is 16.7 Å². The summed E-state index contributed by atoms with van der Waals surface area (Å²) in [7, 11) is 3.45. The standard InChI is InChI=1S/C55H67N11O7/c1-35-41(13-10-14-42(35)59-50(69)37-16-20-39(21-17-37)55(2,3)4)43-33-61(5)53(72)49(58-43)57-40-22-18-38(19-23-40)52(71)65-31-29-64(30-32-65)47(68)34-63(28-26-56)27-8-7-11-36-12-9-15-44-48(36)62(6)54(73)66(44)45-24-25-46(67)60-51(45)70/h9-10,12-23,33,45,53,72H,7-8,11,24-32,34,56H2,1-6H3,(H,57,58)(H,59,69)(H,60,67,70). The largest absolute Gasteiger partial charge is 0.367 e. The number of hydrogen-bond acceptors (Lipinski definition) is 12. The number of rotatable bonds is 15. The monoisotopic (exact) mass is 994 g/mol. The smallest absolute Gasteiger partial charge is 0.329 e. The summed E-state index contributed by atoms with van der Waals surface area (Å²) in [6, 6.07) is 25.2. The van der Waals surface area contributed by atoms with Crippen LogP contribution in [-0.2, 0) is 33.3 Å². The molecule has 0 aliphatic carbocycles. The van der Waals surface area contributed by atoms with Crippen LogP contribution in [0.1, 0.15) is 95.5 Å². The number of carbonyl (C=O) groups is 5. The minimum atomic E-state index is -1.06. The number of piperidine rings is 1. The fraction of sp³-hybridized carbons (Fsp3) is 0.400. The fourth-order valence-corrected chi connectivity index (χ4v) is 9.79. The maximum Gasteiger partial charge on any atom is 0.329 e. The quantitative estimate of drug-likeness (QED) is 0.0708. The number of aryl methyl sites for hydroxylation is 2. The second-order valence-corrected chi connectivity index (χ2v) is 20.2. The summed E-state index contributed by atoms with van der Waals surface area (Å²) < 4.78 is 3.07. The molecule has 1 aromatic heterocycles. The minimum absolute atomic E-state index is 0.0191. The van der Waals surface area contributed by atoms with E-state index in [2.05, 4.69) is 41.6 Å². The van der Waals surface area contributed by atoms with Gasteiger partial charge in [-0.2, -0.15) is 0 Å². The number of aliphatic imine (C=N–C) groups is 1. The van der Waals surface area contributed by atoms with Crippen LogP contribution in [0.15, 0.2) is 101 Å². The van der Waals surface area contributed by atoms with Crippen molar-refractivity contribution in [3.63, 3.8) is 0 Å². The van der Waals surface area contributed by atoms with Crippen LogP contribution in [0.3, 0.4) is 0 Å². The van der Waals surface area contributed by atoms with E-state index in [9.17, 15) is 33.9 Å². The highest BCUT2D eigenvalue weighted by Gasteiger charge is 2.32. The molecule has 2 unspecified atom stereocenters. The van der Waals surface area contributed by atoms with Gasteiger partial charge >= 0.3 is 5.69 Å². The molecule has 2 atom stereocenters. The van der Waals surface area contributed by atoms with Crippen molar-refractivity contribution in [2.45, 2.75) is 77.5 Å². The van der Waals surface area contributed by atoms with Crippen LogP contribution in [0, 0.1) is 6.92 Å². The number of imide groups is 1. The molecule has 18 nitrogen and oxygen atoms in total. The first-order valence-electron chi connectivity index (χ1n) is 25.0. The molecule has 5 amide bonds. The van der Waals surface area contributed by atoms with Crippen LogP contribution in [-0.4, -0.2) is 135 Å². The van der Waals surface area contributed by atoms with E-state index < -0.39 is 18.2 Å². The number of aromatic nitrogens is 2. The van der Waals surface area contributed by atoms with Crippen molar-refractivity contribution in [1.82, 2.24) is 34.1 Å². The number of carbonyl (C=O) groups excluding carboxylic acids is 5. The number of hydrogen-bond donors (Lipinski definition) is 5. The van der Waals surface area contributed by atoms with Crippen LogP contribution >= 0.6 is 0 Å². The van der Waals surface area contributed by atoms with E-state index in [1.54, 1.807) is 63.8 Å². The number of imidazole rings is 1. The van der Waals surface area contributed by atoms with Crippen molar-refractivity contribution in [3.8, 4) is 0 Å². The molecular weight excluding hydrogens is 927 g/mol. The third kappa shape index (κ3) is 11.6. The first-order valence-corrected chi connectivity index (χ1v) is 25.0. The van der Waals surface area contributed by atoms with Gasteiger partial charge in [0.2, 0.25) is 17.7 Å². The number of aliphatic hydroxyl groups excluding tert-OH is 1. The number of likely N-dealkylation sites (N-methyl/N-ethyl adjacent to an activating group) is 1. The summed E-state index contributed by atoms with van der Waals surface area (Å²) in [5, 5.41) is 19.8. The van der Waals surface area contributed by atoms with Crippen LogP contribution in [0.4, 0.5) is 11.4 Å². The number of piperazine rings is 1. The Labute approximate surface area is 425 Å². The summed E-state index contributed by atoms with van der Waals surface area (Å²) >= 11 is 0. The molecule has 384 valence electrons. The Bertz CT molecular complexity index is 3020. The molecule has 8 rings (SSSR count). The lowest BCUT2D eigenvalue weighted by Gasteiger charge is -2.36. The van der Waals surface area contributed by atoms with Gasteiger partial charge in [0.25, 0.3) is 11.8 Å². The second kappa shape index (κ2) is 22.1. The molecule has 2 fully saturated rings. The average molecular weight is 994 g/mol. The number of fused-ring (bicyclic) bond motifs is 1. The Kier molecular flexibility index (Phi) is 15.8. The highest BCUT2D eigenvalue weighted by atomic mass is 16.3. The van der Waals surface area contributed by atoms with Gasteiger partial charge < -0.3 is 36.2 Å². The van der Waals surface area contributed by atoms with Crippen molar-refractivity contribution in [3.05, 3.63) is 135 Å². The van der Waals surface area contributed by atoms with E-state index in [-0.39, 0.29) is 54.1 Å². The molecule has 73 heavy (non-hydrogen) atoms. The molecule has 0 spiro atoms. The number of nitrogens with zero attached hydrogens (tertiary/aromatic N) is 7. The Morgan fingerprint density at radius 3 is 2.23 bits per heavy atom. The predicted octanol–water partition coefficient (Wildman–Crippen LogP) is 4.82. The van der Waals surface area contributed by atoms with Gasteiger partial charge in [-0.25, -0.2) is 9.79 Å². The van der Waals surface area contributed by atoms with Gasteiger partial charge in [-0.05, 0) is 110 Å². The number of para-hydroxylation sites is 1. The van der Waals surface area contributed by atoms with Gasteiger partial charge in [-0.1, -0.05) is 57.2 Å². The molecule has 0 bridgehead atoms. The van der Waals surface area contributed by atoms with Crippen LogP contribution in [0.2, 0.25) is 0 Å². The first kappa shape index (κ1) is 51.9. The molecule has 3 aliphatic rings. The normalized spacial score (nSPS) is 17.4. The van der Waals surface area contributed by atoms with Crippen molar-refractivity contribution >= 4 is 63.5 Å². The second-order valence-electron chi connectivity index (χ2n) is 20.2. The lowest BCUT2D eigenvalue weighted by Crippen LogP contribution is -2.53. The maximum absolute atomic E-state index is 13.7. The average Bonchev–Trinajstić information content (AvgIpc) is 3.63. The third-order valence-corrected chi connectivity index (χ3v) is 14.1. The van der Waals surface area contributed by atoms with E-state index in [0.717, 1.165) is 40.6 Å². The van der Waals surface area contributed by atoms with Crippen molar-refractivity contribution in [1.29, 1.82) is 0 Å². The number of amidine groups is 1. The minimum Gasteiger partial charge on any atom is -0.367 e. The summed E-state index contributed by atoms with van der Waals surface area (Å²) in [5.41, 5.74) is 13.7. The molecule has 18 heteroatoms. The lowest BCUT2D eigenvalue weighted by atomic mass is 9.86. The Hall–Kier alpha value is -7.41. The Morgan fingerprint density at radius 1 is 0.863 bits per heavy atom. The van der Waals surface area contributed by atoms with Crippen molar-refractivity contribution in [2.75, 3.05) is 70.0 Å². The van der Waals surface area contributed by atoms with E-state index in [0.29, 0.717) is 91.8 Å². The number of nitrogens with two attached hydrogens (primary N) is 1. The van der Waals surface area contributed by atoms with Gasteiger partial charge in [0.1, 0.15) is 6.04 Å². The maximum atomic E-state index is 13.7. The SMILES string of the molecule is Cc1c(NC(=O)c2ccc(C(C)(C)C)cc2)cccc1C1=CN(C)C(O)C(Nc2ccc(C(=O)N3CCN(C(=O)CN(CCN)CCCCc4cccc5c4n(C)c(=O)n5C4CCC(=O)NC4=O)CC3)cc2)=N1. The highest BCUT2D eigenvalue weighted by Crippen LogP contribution is 2.31. The van der Waals surface area contributed by atoms with Gasteiger partial charge in [0, 0.05) is 94.0 Å². The predicted molar refractivity (Wildman–Crippen MR) is 283 cm³/mol. The zero-order valence-corrected chi connectivity index (χ0v) is 42.6. The van der Waals surface area contributed by atoms with Crippen LogP contribution < -0.4 is 27.4 Å². The van der Waals surface area contributed by atoms with E-state index in [1.807, 2.05) is 67.6 Å².